The Bertz CT molecular complexity index is 234. The van der Waals surface area contributed by atoms with Crippen LogP contribution in [0.1, 0.15) is 0 Å². The van der Waals surface area contributed by atoms with Crippen LogP contribution >= 0.6 is 62.3 Å². The Morgan fingerprint density at radius 1 is 0.833 bits per heavy atom. The molecule has 1 aromatic carbocycles. The molecule has 1 N–H and O–H groups in total. The lowest BCUT2D eigenvalue weighted by molar-refractivity contribution is 0.476. The molecule has 0 aliphatic carbocycles. The van der Waals surface area contributed by atoms with Gasteiger partial charge >= 0.3 is 0 Å². The molecule has 0 radical (unpaired) electrons. The van der Waals surface area contributed by atoms with E-state index in [0.29, 0.717) is 4.47 Å². The maximum atomic E-state index is 9.24. The zero-order valence-electron chi connectivity index (χ0n) is 5.34. The third-order valence-electron chi connectivity index (χ3n) is 1.19. The first kappa shape index (κ1) is 10.7. The summed E-state index contributed by atoms with van der Waals surface area (Å²) in [4.78, 5) is 0. The SMILES string of the molecule is Oc1c(Cl)c(Cl)c(Br)c(Cl)c1Cl. The summed E-state index contributed by atoms with van der Waals surface area (Å²) in [5, 5.41) is 9.49. The van der Waals surface area contributed by atoms with Crippen LogP contribution in [-0.2, 0) is 0 Å². The summed E-state index contributed by atoms with van der Waals surface area (Å²) in [6.07, 6.45) is 0. The molecule has 0 bridgehead atoms. The summed E-state index contributed by atoms with van der Waals surface area (Å²) >= 11 is 25.6. The highest BCUT2D eigenvalue weighted by Gasteiger charge is 2.17. The fourth-order valence-electron chi connectivity index (χ4n) is 0.593. The third-order valence-corrected chi connectivity index (χ3v) is 4.12. The van der Waals surface area contributed by atoms with Gasteiger partial charge in [0.05, 0.1) is 14.5 Å². The van der Waals surface area contributed by atoms with Gasteiger partial charge in [-0.05, 0) is 15.9 Å². The summed E-state index contributed by atoms with van der Waals surface area (Å²) in [5.41, 5.74) is 0. The maximum absolute atomic E-state index is 9.24. The first-order valence-corrected chi connectivity index (χ1v) is 4.97. The summed E-state index contributed by atoms with van der Waals surface area (Å²) in [7, 11) is 0. The Labute approximate surface area is 97.3 Å². The van der Waals surface area contributed by atoms with Crippen LogP contribution in [0.2, 0.25) is 20.1 Å². The highest BCUT2D eigenvalue weighted by Crippen LogP contribution is 2.47. The van der Waals surface area contributed by atoms with Crippen LogP contribution in [0.15, 0.2) is 4.47 Å². The smallest absolute Gasteiger partial charge is 0.155 e. The van der Waals surface area contributed by atoms with Crippen LogP contribution in [0.25, 0.3) is 0 Å². The topological polar surface area (TPSA) is 20.2 Å². The molecule has 0 aromatic heterocycles. The van der Waals surface area contributed by atoms with Crippen molar-refractivity contribution >= 4 is 62.3 Å². The highest BCUT2D eigenvalue weighted by molar-refractivity contribution is 9.10. The molecule has 0 fully saturated rings. The summed E-state index contributed by atoms with van der Waals surface area (Å²) < 4.78 is 0.374. The van der Waals surface area contributed by atoms with E-state index in [9.17, 15) is 5.11 Å². The molecule has 0 atom stereocenters. The molecule has 1 nitrogen and oxygen atoms in total. The van der Waals surface area contributed by atoms with Gasteiger partial charge in [0.2, 0.25) is 0 Å². The molecule has 0 heterocycles. The first-order valence-electron chi connectivity index (χ1n) is 2.67. The molecule has 0 amide bonds. The molecule has 1 aromatic rings. The number of hydrogen-bond donors (Lipinski definition) is 1. The van der Waals surface area contributed by atoms with Crippen LogP contribution in [-0.4, -0.2) is 5.11 Å². The van der Waals surface area contributed by atoms with E-state index < -0.39 is 0 Å². The zero-order valence-corrected chi connectivity index (χ0v) is 9.95. The van der Waals surface area contributed by atoms with Crippen molar-refractivity contribution < 1.29 is 5.11 Å². The molecule has 0 aliphatic rings. The van der Waals surface area contributed by atoms with Gasteiger partial charge in [0.15, 0.2) is 5.75 Å². The van der Waals surface area contributed by atoms with E-state index >= 15 is 0 Å². The Morgan fingerprint density at radius 2 is 1.17 bits per heavy atom. The van der Waals surface area contributed by atoms with Crippen LogP contribution in [0.4, 0.5) is 0 Å². The lowest BCUT2D eigenvalue weighted by Crippen LogP contribution is -1.79. The number of hydrogen-bond acceptors (Lipinski definition) is 1. The van der Waals surface area contributed by atoms with Crippen molar-refractivity contribution in [3.05, 3.63) is 24.6 Å². The van der Waals surface area contributed by atoms with E-state index in [1.54, 1.807) is 0 Å². The molecule has 1 rings (SSSR count). The van der Waals surface area contributed by atoms with E-state index in [-0.39, 0.29) is 25.8 Å². The second-order valence-electron chi connectivity index (χ2n) is 1.92. The normalized spacial score (nSPS) is 10.4. The van der Waals surface area contributed by atoms with Crippen LogP contribution < -0.4 is 0 Å². The standard InChI is InChI=1S/C6HBrCl4O/c7-1-2(8)4(10)6(12)5(11)3(1)9/h12H. The number of phenols is 1. The monoisotopic (exact) mass is 308 g/mol. The Morgan fingerprint density at radius 3 is 1.50 bits per heavy atom. The van der Waals surface area contributed by atoms with Gasteiger partial charge in [0.25, 0.3) is 0 Å². The number of phenolic OH excluding ortho intramolecular Hbond substituents is 1. The summed E-state index contributed by atoms with van der Waals surface area (Å²) in [6.45, 7) is 0. The Balaban J connectivity index is 3.60. The van der Waals surface area contributed by atoms with Crippen molar-refractivity contribution in [3.8, 4) is 5.75 Å². The average molecular weight is 311 g/mol. The van der Waals surface area contributed by atoms with Gasteiger partial charge in [-0.25, -0.2) is 0 Å². The minimum atomic E-state index is -0.309. The minimum absolute atomic E-state index is 0.0158. The zero-order chi connectivity index (χ0) is 9.46. The van der Waals surface area contributed by atoms with Gasteiger partial charge in [0, 0.05) is 0 Å². The molecule has 0 spiro atoms. The molecule has 66 valence electrons. The van der Waals surface area contributed by atoms with Gasteiger partial charge in [-0.3, -0.25) is 0 Å². The quantitative estimate of drug-likeness (QED) is 0.540. The van der Waals surface area contributed by atoms with Crippen molar-refractivity contribution in [3.63, 3.8) is 0 Å². The van der Waals surface area contributed by atoms with E-state index in [4.69, 9.17) is 46.4 Å². The maximum Gasteiger partial charge on any atom is 0.155 e. The van der Waals surface area contributed by atoms with Crippen LogP contribution in [0, 0.1) is 0 Å². The van der Waals surface area contributed by atoms with Crippen molar-refractivity contribution in [1.29, 1.82) is 0 Å². The van der Waals surface area contributed by atoms with Crippen LogP contribution in [0.5, 0.6) is 5.75 Å². The van der Waals surface area contributed by atoms with Gasteiger partial charge in [-0.15, -0.1) is 0 Å². The Kier molecular flexibility index (Phi) is 3.41. The molecule has 0 aliphatic heterocycles. The van der Waals surface area contributed by atoms with Gasteiger partial charge in [-0.1, -0.05) is 46.4 Å². The predicted molar refractivity (Wildman–Crippen MR) is 55.8 cm³/mol. The number of halogens is 5. The molecule has 0 saturated heterocycles. The molecule has 0 unspecified atom stereocenters. The summed E-state index contributed by atoms with van der Waals surface area (Å²) in [6, 6.07) is 0. The largest absolute Gasteiger partial charge is 0.505 e. The molecule has 6 heteroatoms. The van der Waals surface area contributed by atoms with Gasteiger partial charge < -0.3 is 5.11 Å². The fraction of sp³-hybridized carbons (Fsp3) is 0. The summed E-state index contributed by atoms with van der Waals surface area (Å²) in [5.74, 6) is -0.309. The number of aromatic hydroxyl groups is 1. The Hall–Kier alpha value is 0.660. The van der Waals surface area contributed by atoms with Crippen molar-refractivity contribution in [2.75, 3.05) is 0 Å². The second-order valence-corrected chi connectivity index (χ2v) is 4.22. The van der Waals surface area contributed by atoms with Crippen molar-refractivity contribution in [1.82, 2.24) is 0 Å². The average Bonchev–Trinajstić information content (AvgIpc) is 2.08. The van der Waals surface area contributed by atoms with E-state index in [1.165, 1.54) is 0 Å². The van der Waals surface area contributed by atoms with E-state index in [0.717, 1.165) is 0 Å². The van der Waals surface area contributed by atoms with Gasteiger partial charge in [0.1, 0.15) is 10.0 Å². The molecule has 12 heavy (non-hydrogen) atoms. The van der Waals surface area contributed by atoms with Crippen molar-refractivity contribution in [2.24, 2.45) is 0 Å². The lowest BCUT2D eigenvalue weighted by Gasteiger charge is -2.06. The molecular formula is C6HBrCl4O. The number of rotatable bonds is 0. The van der Waals surface area contributed by atoms with E-state index in [2.05, 4.69) is 15.9 Å². The van der Waals surface area contributed by atoms with Crippen molar-refractivity contribution in [2.45, 2.75) is 0 Å². The van der Waals surface area contributed by atoms with Crippen LogP contribution in [0.3, 0.4) is 0 Å². The predicted octanol–water partition coefficient (Wildman–Crippen LogP) is 4.77. The second kappa shape index (κ2) is 3.81. The van der Waals surface area contributed by atoms with E-state index in [1.807, 2.05) is 0 Å². The fourth-order valence-corrected chi connectivity index (χ4v) is 2.06. The molecular weight excluding hydrogens is 310 g/mol. The highest BCUT2D eigenvalue weighted by atomic mass is 79.9. The minimum Gasteiger partial charge on any atom is -0.505 e. The van der Waals surface area contributed by atoms with Gasteiger partial charge in [-0.2, -0.15) is 0 Å². The number of benzene rings is 1. The third kappa shape index (κ3) is 1.64. The lowest BCUT2D eigenvalue weighted by atomic mass is 10.3. The first-order chi connectivity index (χ1) is 5.46. The molecule has 0 saturated carbocycles.